The molecule has 8 nitrogen and oxygen atoms in total. The zero-order valence-electron chi connectivity index (χ0n) is 15.9. The molecular formula is C19H22N6O2S. The van der Waals surface area contributed by atoms with Gasteiger partial charge in [-0.1, -0.05) is 11.3 Å². The average Bonchev–Trinajstić information content (AvgIpc) is 3.14. The molecule has 0 atom stereocenters. The predicted molar refractivity (Wildman–Crippen MR) is 108 cm³/mol. The van der Waals surface area contributed by atoms with Crippen molar-refractivity contribution in [2.75, 3.05) is 32.1 Å². The molecule has 1 aliphatic heterocycles. The normalized spacial score (nSPS) is 15.8. The predicted octanol–water partition coefficient (Wildman–Crippen LogP) is 2.51. The Bertz CT molecular complexity index is 983. The number of aryl methyl sites for hydroxylation is 1. The minimum Gasteiger partial charge on any atom is -0.381 e. The molecule has 0 aliphatic carbocycles. The number of aromatic nitrogens is 4. The third-order valence-corrected chi connectivity index (χ3v) is 5.73. The Morgan fingerprint density at radius 2 is 2.07 bits per heavy atom. The molecule has 1 aliphatic rings. The van der Waals surface area contributed by atoms with Crippen molar-refractivity contribution in [2.45, 2.75) is 25.9 Å². The van der Waals surface area contributed by atoms with Crippen LogP contribution in [0.3, 0.4) is 0 Å². The number of anilines is 1. The molecular weight excluding hydrogens is 376 g/mol. The molecule has 4 rings (SSSR count). The summed E-state index contributed by atoms with van der Waals surface area (Å²) in [7, 11) is 1.74. The Labute approximate surface area is 167 Å². The number of nitrogens with zero attached hydrogens (tertiary/aromatic N) is 5. The summed E-state index contributed by atoms with van der Waals surface area (Å²) in [4.78, 5) is 23.3. The second-order valence-corrected chi connectivity index (χ2v) is 8.05. The van der Waals surface area contributed by atoms with Crippen LogP contribution in [0, 0.1) is 6.92 Å². The minimum absolute atomic E-state index is 0.0634. The van der Waals surface area contributed by atoms with E-state index in [0.29, 0.717) is 18.5 Å². The number of nitrogens with one attached hydrogen (secondary N) is 1. The number of rotatable bonds is 5. The van der Waals surface area contributed by atoms with Crippen molar-refractivity contribution in [1.29, 1.82) is 0 Å². The SMILES string of the molecule is COC1CCN(CC(=O)Nc2cc3cc(-c4nnc(C)s4)cnc3cn2)CC1. The summed E-state index contributed by atoms with van der Waals surface area (Å²) in [6.45, 7) is 4.01. The molecule has 9 heteroatoms. The fraction of sp³-hybridized carbons (Fsp3) is 0.421. The van der Waals surface area contributed by atoms with E-state index in [1.807, 2.05) is 19.1 Å². The third kappa shape index (κ3) is 4.32. The molecule has 0 saturated carbocycles. The highest BCUT2D eigenvalue weighted by Crippen LogP contribution is 2.26. The van der Waals surface area contributed by atoms with Gasteiger partial charge in [0.05, 0.1) is 24.4 Å². The van der Waals surface area contributed by atoms with Crippen LogP contribution in [0.5, 0.6) is 0 Å². The minimum atomic E-state index is -0.0634. The molecule has 1 amide bonds. The average molecular weight is 398 g/mol. The van der Waals surface area contributed by atoms with E-state index in [0.717, 1.165) is 52.4 Å². The van der Waals surface area contributed by atoms with Gasteiger partial charge in [0.15, 0.2) is 0 Å². The van der Waals surface area contributed by atoms with Crippen molar-refractivity contribution in [3.8, 4) is 10.6 Å². The van der Waals surface area contributed by atoms with Crippen LogP contribution in [0.2, 0.25) is 0 Å². The number of carbonyl (C=O) groups excluding carboxylic acids is 1. The molecule has 1 N–H and O–H groups in total. The van der Waals surface area contributed by atoms with Gasteiger partial charge in [-0.05, 0) is 31.9 Å². The van der Waals surface area contributed by atoms with Crippen LogP contribution in [0.25, 0.3) is 21.5 Å². The maximum Gasteiger partial charge on any atom is 0.239 e. The number of amides is 1. The van der Waals surface area contributed by atoms with Gasteiger partial charge in [0.2, 0.25) is 5.91 Å². The van der Waals surface area contributed by atoms with Gasteiger partial charge in [-0.2, -0.15) is 0 Å². The zero-order valence-corrected chi connectivity index (χ0v) is 16.7. The van der Waals surface area contributed by atoms with Gasteiger partial charge in [0.25, 0.3) is 0 Å². The van der Waals surface area contributed by atoms with E-state index in [-0.39, 0.29) is 5.91 Å². The van der Waals surface area contributed by atoms with E-state index in [1.54, 1.807) is 19.5 Å². The Morgan fingerprint density at radius 3 is 2.79 bits per heavy atom. The number of methoxy groups -OCH3 is 1. The van der Waals surface area contributed by atoms with Crippen LogP contribution in [-0.4, -0.2) is 63.8 Å². The number of carbonyl (C=O) groups is 1. The van der Waals surface area contributed by atoms with Crippen LogP contribution >= 0.6 is 11.3 Å². The van der Waals surface area contributed by atoms with Gasteiger partial charge in [0.1, 0.15) is 15.8 Å². The molecule has 0 radical (unpaired) electrons. The highest BCUT2D eigenvalue weighted by Gasteiger charge is 2.20. The van der Waals surface area contributed by atoms with E-state index in [1.165, 1.54) is 11.3 Å². The lowest BCUT2D eigenvalue weighted by atomic mass is 10.1. The van der Waals surface area contributed by atoms with Gasteiger partial charge in [-0.3, -0.25) is 14.7 Å². The van der Waals surface area contributed by atoms with Crippen LogP contribution < -0.4 is 5.32 Å². The smallest absolute Gasteiger partial charge is 0.239 e. The molecule has 0 spiro atoms. The quantitative estimate of drug-likeness (QED) is 0.706. The Balaban J connectivity index is 1.44. The van der Waals surface area contributed by atoms with Crippen LogP contribution in [-0.2, 0) is 9.53 Å². The van der Waals surface area contributed by atoms with Crippen molar-refractivity contribution in [2.24, 2.45) is 0 Å². The van der Waals surface area contributed by atoms with Gasteiger partial charge in [0, 0.05) is 37.3 Å². The van der Waals surface area contributed by atoms with E-state index in [9.17, 15) is 4.79 Å². The Morgan fingerprint density at radius 1 is 1.25 bits per heavy atom. The van der Waals surface area contributed by atoms with Crippen molar-refractivity contribution < 1.29 is 9.53 Å². The topological polar surface area (TPSA) is 93.1 Å². The summed E-state index contributed by atoms with van der Waals surface area (Å²) < 4.78 is 5.37. The van der Waals surface area contributed by atoms with Crippen molar-refractivity contribution >= 4 is 34.0 Å². The first kappa shape index (κ1) is 18.9. The number of likely N-dealkylation sites (tertiary alicyclic amines) is 1. The van der Waals surface area contributed by atoms with Crippen LogP contribution in [0.1, 0.15) is 17.8 Å². The fourth-order valence-electron chi connectivity index (χ4n) is 3.32. The number of hydrogen-bond donors (Lipinski definition) is 1. The van der Waals surface area contributed by atoms with Crippen LogP contribution in [0.4, 0.5) is 5.82 Å². The largest absolute Gasteiger partial charge is 0.381 e. The summed E-state index contributed by atoms with van der Waals surface area (Å²) in [6.07, 6.45) is 5.66. The van der Waals surface area contributed by atoms with E-state index >= 15 is 0 Å². The van der Waals surface area contributed by atoms with Crippen LogP contribution in [0.15, 0.2) is 24.5 Å². The molecule has 0 bridgehead atoms. The Hall–Kier alpha value is -2.49. The number of pyridine rings is 2. The lowest BCUT2D eigenvalue weighted by Crippen LogP contribution is -2.41. The number of hydrogen-bond acceptors (Lipinski definition) is 8. The van der Waals surface area contributed by atoms with E-state index in [2.05, 4.69) is 30.4 Å². The van der Waals surface area contributed by atoms with E-state index < -0.39 is 0 Å². The third-order valence-electron chi connectivity index (χ3n) is 4.84. The monoisotopic (exact) mass is 398 g/mol. The van der Waals surface area contributed by atoms with Crippen molar-refractivity contribution in [1.82, 2.24) is 25.1 Å². The fourth-order valence-corrected chi connectivity index (χ4v) is 3.99. The highest BCUT2D eigenvalue weighted by atomic mass is 32.1. The first-order valence-corrected chi connectivity index (χ1v) is 10.0. The number of ether oxygens (including phenoxy) is 1. The lowest BCUT2D eigenvalue weighted by Gasteiger charge is -2.30. The summed E-state index contributed by atoms with van der Waals surface area (Å²) in [5.74, 6) is 0.461. The summed E-state index contributed by atoms with van der Waals surface area (Å²) in [6, 6.07) is 3.84. The van der Waals surface area contributed by atoms with Crippen molar-refractivity contribution in [3.63, 3.8) is 0 Å². The molecule has 3 aromatic rings. The summed E-state index contributed by atoms with van der Waals surface area (Å²) in [5.41, 5.74) is 1.67. The molecule has 1 fully saturated rings. The van der Waals surface area contributed by atoms with Crippen molar-refractivity contribution in [3.05, 3.63) is 29.5 Å². The first-order chi connectivity index (χ1) is 13.6. The standard InChI is InChI=1S/C19H22N6O2S/c1-12-23-24-19(28-12)14-7-13-8-17(21-10-16(13)20-9-14)22-18(26)11-25-5-3-15(27-2)4-6-25/h7-10,15H,3-6,11H2,1-2H3,(H,21,22,26). The molecule has 3 aromatic heterocycles. The molecule has 0 aromatic carbocycles. The van der Waals surface area contributed by atoms with Gasteiger partial charge in [-0.25, -0.2) is 4.98 Å². The molecule has 1 saturated heterocycles. The molecule has 4 heterocycles. The number of piperidine rings is 1. The first-order valence-electron chi connectivity index (χ1n) is 9.22. The molecule has 146 valence electrons. The number of fused-ring (bicyclic) bond motifs is 1. The van der Waals surface area contributed by atoms with Gasteiger partial charge in [-0.15, -0.1) is 10.2 Å². The van der Waals surface area contributed by atoms with Gasteiger partial charge < -0.3 is 10.1 Å². The maximum atomic E-state index is 12.4. The zero-order chi connectivity index (χ0) is 19.5. The Kier molecular flexibility index (Phi) is 5.56. The second-order valence-electron chi connectivity index (χ2n) is 6.87. The summed E-state index contributed by atoms with van der Waals surface area (Å²) >= 11 is 1.52. The summed E-state index contributed by atoms with van der Waals surface area (Å²) in [5, 5.41) is 13.8. The molecule has 28 heavy (non-hydrogen) atoms. The molecule has 0 unspecified atom stereocenters. The van der Waals surface area contributed by atoms with E-state index in [4.69, 9.17) is 4.74 Å². The van der Waals surface area contributed by atoms with Gasteiger partial charge >= 0.3 is 0 Å². The lowest BCUT2D eigenvalue weighted by molar-refractivity contribution is -0.117. The maximum absolute atomic E-state index is 12.4. The second kappa shape index (κ2) is 8.26. The highest BCUT2D eigenvalue weighted by molar-refractivity contribution is 7.14.